The van der Waals surface area contributed by atoms with Crippen molar-refractivity contribution >= 4 is 56.7 Å². The third kappa shape index (κ3) is 6.19. The highest BCUT2D eigenvalue weighted by Crippen LogP contribution is 2.51. The van der Waals surface area contributed by atoms with E-state index >= 15 is 0 Å². The predicted octanol–water partition coefficient (Wildman–Crippen LogP) is 15.6. The number of rotatable bonds is 7. The molecule has 0 radical (unpaired) electrons. The first-order valence-electron chi connectivity index (χ1n) is 25.5. The Morgan fingerprint density at radius 1 is 0.278 bits per heavy atom. The monoisotopic (exact) mass is 935 g/mol. The van der Waals surface area contributed by atoms with Crippen molar-refractivity contribution < 1.29 is 0 Å². The van der Waals surface area contributed by atoms with Crippen LogP contribution in [0.2, 0.25) is 0 Å². The molecule has 3 aliphatic rings. The summed E-state index contributed by atoms with van der Waals surface area (Å²) in [4.78, 5) is 2.44. The summed E-state index contributed by atoms with van der Waals surface area (Å²) in [5, 5.41) is 8.27. The van der Waals surface area contributed by atoms with Crippen molar-refractivity contribution in [3.05, 3.63) is 271 Å². The molecule has 0 unspecified atom stereocenters. The third-order valence-corrected chi connectivity index (χ3v) is 21.6. The molecule has 11 aromatic rings. The molecule has 0 amide bonds. The van der Waals surface area contributed by atoms with Gasteiger partial charge in [0.2, 0.25) is 0 Å². The second kappa shape index (κ2) is 15.9. The molecule has 1 heterocycles. The molecule has 342 valence electrons. The van der Waals surface area contributed by atoms with Gasteiger partial charge >= 0.3 is 0 Å². The summed E-state index contributed by atoms with van der Waals surface area (Å²) in [6, 6.07) is 94.4. The maximum absolute atomic E-state index is 2.81. The average Bonchev–Trinajstić information content (AvgIpc) is 3.96. The van der Waals surface area contributed by atoms with E-state index in [4.69, 9.17) is 0 Å². The molecule has 2 heteroatoms. The van der Waals surface area contributed by atoms with Gasteiger partial charge in [0.1, 0.15) is 0 Å². The van der Waals surface area contributed by atoms with E-state index in [9.17, 15) is 0 Å². The first-order chi connectivity index (χ1) is 35.2. The number of fused-ring (bicyclic) bond motifs is 10. The van der Waals surface area contributed by atoms with Gasteiger partial charge in [-0.1, -0.05) is 234 Å². The number of hydrogen-bond acceptors (Lipinski definition) is 1. The Kier molecular flexibility index (Phi) is 9.37. The number of benzene rings is 11. The maximum Gasteiger partial charge on any atom is 0.180 e. The molecule has 0 spiro atoms. The molecule has 0 saturated heterocycles. The second-order valence-corrected chi connectivity index (χ2v) is 25.0. The topological polar surface area (TPSA) is 3.24 Å². The first-order valence-corrected chi connectivity index (χ1v) is 27.5. The first kappa shape index (κ1) is 42.6. The molecule has 0 N–H and O–H groups in total. The molecule has 0 atom stereocenters. The Labute approximate surface area is 424 Å². The minimum absolute atomic E-state index is 0.0589. The van der Waals surface area contributed by atoms with E-state index in [1.165, 1.54) is 109 Å². The van der Waals surface area contributed by atoms with E-state index in [0.717, 1.165) is 17.1 Å². The fourth-order valence-corrected chi connectivity index (χ4v) is 18.4. The van der Waals surface area contributed by atoms with Gasteiger partial charge < -0.3 is 4.90 Å². The summed E-state index contributed by atoms with van der Waals surface area (Å²) in [5.41, 5.74) is 21.7. The van der Waals surface area contributed by atoms with Crippen LogP contribution in [-0.4, -0.2) is 8.07 Å². The Bertz CT molecular complexity index is 3940. The molecule has 14 rings (SSSR count). The minimum Gasteiger partial charge on any atom is -0.310 e. The minimum atomic E-state index is -2.81. The molecule has 0 bridgehead atoms. The van der Waals surface area contributed by atoms with Gasteiger partial charge in [-0.3, -0.25) is 0 Å². The lowest BCUT2D eigenvalue weighted by Gasteiger charge is -2.32. The zero-order valence-electron chi connectivity index (χ0n) is 41.1. The van der Waals surface area contributed by atoms with Crippen molar-refractivity contribution in [2.75, 3.05) is 4.90 Å². The Morgan fingerprint density at radius 2 is 0.750 bits per heavy atom. The smallest absolute Gasteiger partial charge is 0.180 e. The summed E-state index contributed by atoms with van der Waals surface area (Å²) in [6.07, 6.45) is 0. The zero-order valence-corrected chi connectivity index (χ0v) is 42.1. The van der Waals surface area contributed by atoms with Gasteiger partial charge in [-0.15, -0.1) is 0 Å². The van der Waals surface area contributed by atoms with Crippen LogP contribution in [0.25, 0.3) is 66.4 Å². The van der Waals surface area contributed by atoms with Crippen LogP contribution in [0.3, 0.4) is 0 Å². The summed E-state index contributed by atoms with van der Waals surface area (Å²) in [5.74, 6) is 0. The quantitative estimate of drug-likeness (QED) is 0.144. The van der Waals surface area contributed by atoms with Crippen molar-refractivity contribution in [1.29, 1.82) is 0 Å². The normalized spacial score (nSPS) is 14.7. The number of anilines is 3. The second-order valence-electron chi connectivity index (χ2n) is 21.2. The number of nitrogens with zero attached hydrogens (tertiary/aromatic N) is 1. The SMILES string of the molecule is CC1(C)c2ccccc2-c2cc([Si]3(c4cccc(-c5ccc(N(c6ccc(-c7ccc8ccccc8c7)cc6)c6ccc7c(c6)C(C)(C)c6ccccc6-7)cc5)c4)c4ccccc4-c4ccccc43)ccc21. The van der Waals surface area contributed by atoms with Gasteiger partial charge in [0, 0.05) is 27.9 Å². The van der Waals surface area contributed by atoms with Crippen LogP contribution < -0.4 is 25.6 Å². The van der Waals surface area contributed by atoms with E-state index in [1.54, 1.807) is 0 Å². The van der Waals surface area contributed by atoms with Crippen molar-refractivity contribution in [2.45, 2.75) is 38.5 Å². The van der Waals surface area contributed by atoms with Gasteiger partial charge in [0.05, 0.1) is 0 Å². The highest BCUT2D eigenvalue weighted by atomic mass is 28.3. The molecular formula is C70H53NSi. The van der Waals surface area contributed by atoms with E-state index < -0.39 is 8.07 Å². The average molecular weight is 936 g/mol. The van der Waals surface area contributed by atoms with Gasteiger partial charge in [-0.05, 0) is 152 Å². The summed E-state index contributed by atoms with van der Waals surface area (Å²) in [6.45, 7) is 9.50. The predicted molar refractivity (Wildman–Crippen MR) is 307 cm³/mol. The van der Waals surface area contributed by atoms with Crippen LogP contribution in [0.15, 0.2) is 249 Å². The van der Waals surface area contributed by atoms with E-state index in [0.29, 0.717) is 0 Å². The van der Waals surface area contributed by atoms with Gasteiger partial charge in [-0.2, -0.15) is 0 Å². The van der Waals surface area contributed by atoms with Crippen molar-refractivity contribution in [2.24, 2.45) is 0 Å². The van der Waals surface area contributed by atoms with Gasteiger partial charge in [0.25, 0.3) is 0 Å². The summed E-state index contributed by atoms with van der Waals surface area (Å²) >= 11 is 0. The maximum atomic E-state index is 2.58. The van der Waals surface area contributed by atoms with Crippen molar-refractivity contribution in [3.8, 4) is 55.6 Å². The van der Waals surface area contributed by atoms with Crippen molar-refractivity contribution in [1.82, 2.24) is 0 Å². The molecule has 1 aliphatic heterocycles. The van der Waals surface area contributed by atoms with Crippen LogP contribution in [0, 0.1) is 0 Å². The standard InChI is InChI=1S/C70H53NSi/c1-69(2)64-25-12-8-21-58(64)62-45-56(39-41-65(62)69)72(67-26-13-9-22-60(67)61-23-10-14-27-68(61)72)55-19-15-18-50(43-55)47-30-34-52(35-31-47)71(54-38-40-59-57-20-7-11-24-63(57)70(3,4)66(59)44-54)53-36-32-48(33-37-53)51-29-28-46-16-5-6-17-49(46)42-51/h5-45H,1-4H3. The lowest BCUT2D eigenvalue weighted by molar-refractivity contribution is 0.660. The molecular weight excluding hydrogens is 883 g/mol. The highest BCUT2D eigenvalue weighted by molar-refractivity contribution is 7.22. The Morgan fingerprint density at radius 3 is 1.40 bits per heavy atom. The molecule has 11 aromatic carbocycles. The summed E-state index contributed by atoms with van der Waals surface area (Å²) in [7, 11) is -2.81. The van der Waals surface area contributed by atoms with Crippen molar-refractivity contribution in [3.63, 3.8) is 0 Å². The number of hydrogen-bond donors (Lipinski definition) is 0. The van der Waals surface area contributed by atoms with Gasteiger partial charge in [-0.25, -0.2) is 0 Å². The summed E-state index contributed by atoms with van der Waals surface area (Å²) < 4.78 is 0. The van der Waals surface area contributed by atoms with Crippen LogP contribution in [-0.2, 0) is 10.8 Å². The zero-order chi connectivity index (χ0) is 48.3. The molecule has 72 heavy (non-hydrogen) atoms. The van der Waals surface area contributed by atoms with E-state index in [2.05, 4.69) is 281 Å². The molecule has 2 aliphatic carbocycles. The molecule has 0 fully saturated rings. The molecule has 0 saturated carbocycles. The Balaban J connectivity index is 0.891. The molecule has 1 nitrogen and oxygen atoms in total. The lowest BCUT2D eigenvalue weighted by atomic mass is 9.82. The van der Waals surface area contributed by atoms with E-state index in [-0.39, 0.29) is 10.8 Å². The largest absolute Gasteiger partial charge is 0.310 e. The molecule has 0 aromatic heterocycles. The van der Waals surface area contributed by atoms with Crippen LogP contribution in [0.4, 0.5) is 17.1 Å². The Hall–Kier alpha value is -8.30. The van der Waals surface area contributed by atoms with Gasteiger partial charge in [0.15, 0.2) is 8.07 Å². The van der Waals surface area contributed by atoms with Crippen LogP contribution in [0.1, 0.15) is 49.9 Å². The fourth-order valence-electron chi connectivity index (χ4n) is 13.2. The lowest BCUT2D eigenvalue weighted by Crippen LogP contribution is -2.72. The van der Waals surface area contributed by atoms with Crippen LogP contribution in [0.5, 0.6) is 0 Å². The highest BCUT2D eigenvalue weighted by Gasteiger charge is 2.49. The van der Waals surface area contributed by atoms with Crippen LogP contribution >= 0.6 is 0 Å². The fraction of sp³-hybridized carbons (Fsp3) is 0.0857. The van der Waals surface area contributed by atoms with E-state index in [1.807, 2.05) is 0 Å². The third-order valence-electron chi connectivity index (χ3n) is 16.8.